The third-order valence-corrected chi connectivity index (χ3v) is 5.66. The fraction of sp³-hybridized carbons (Fsp3) is 0.688. The van der Waals surface area contributed by atoms with Crippen molar-refractivity contribution in [1.29, 1.82) is 0 Å². The summed E-state index contributed by atoms with van der Waals surface area (Å²) in [6, 6.07) is 0.342. The summed E-state index contributed by atoms with van der Waals surface area (Å²) in [6.45, 7) is 9.03. The zero-order valence-corrected chi connectivity index (χ0v) is 12.0. The molecule has 2 bridgehead atoms. The van der Waals surface area contributed by atoms with Crippen molar-refractivity contribution in [3.63, 3.8) is 0 Å². The molecule has 100 valence electrons. The van der Waals surface area contributed by atoms with Gasteiger partial charge >= 0.3 is 0 Å². The Morgan fingerprint density at radius 2 is 2.00 bits per heavy atom. The quantitative estimate of drug-likeness (QED) is 0.600. The van der Waals surface area contributed by atoms with Crippen molar-refractivity contribution >= 4 is 5.91 Å². The Bertz CT molecular complexity index is 394. The van der Waals surface area contributed by atoms with Gasteiger partial charge in [0.25, 0.3) is 0 Å². The minimum absolute atomic E-state index is 0.0441. The standard InChI is InChI=1S/C16H25NO/c1-5-6-7-8-14(18)17-13-11-12-9-10-16(13,4)15(12,2)3/h5-8,12-13H,9-11H2,1-4H3,(H,17,18)/b6-5+,8-7-/t12-,13-,16-/m1/s1. The van der Waals surface area contributed by atoms with E-state index < -0.39 is 0 Å². The van der Waals surface area contributed by atoms with Crippen LogP contribution < -0.4 is 5.32 Å². The highest BCUT2D eigenvalue weighted by atomic mass is 16.1. The van der Waals surface area contributed by atoms with Gasteiger partial charge in [-0.25, -0.2) is 0 Å². The molecule has 2 nitrogen and oxygen atoms in total. The molecule has 0 radical (unpaired) electrons. The Kier molecular flexibility index (Phi) is 3.39. The van der Waals surface area contributed by atoms with Crippen LogP contribution in [0.25, 0.3) is 0 Å². The first-order chi connectivity index (χ1) is 8.41. The van der Waals surface area contributed by atoms with E-state index in [1.807, 2.05) is 19.1 Å². The van der Waals surface area contributed by atoms with Crippen LogP contribution in [0.15, 0.2) is 24.3 Å². The van der Waals surface area contributed by atoms with Crippen LogP contribution in [0.5, 0.6) is 0 Å². The first kappa shape index (κ1) is 13.4. The first-order valence-electron chi connectivity index (χ1n) is 7.01. The second-order valence-electron chi connectivity index (χ2n) is 6.56. The van der Waals surface area contributed by atoms with Crippen molar-refractivity contribution in [2.24, 2.45) is 16.7 Å². The Hall–Kier alpha value is -1.05. The van der Waals surface area contributed by atoms with Gasteiger partial charge in [0.05, 0.1) is 0 Å². The van der Waals surface area contributed by atoms with Gasteiger partial charge in [0, 0.05) is 12.1 Å². The zero-order chi connectivity index (χ0) is 13.4. The van der Waals surface area contributed by atoms with Crippen LogP contribution in [0, 0.1) is 16.7 Å². The second-order valence-corrected chi connectivity index (χ2v) is 6.56. The number of rotatable bonds is 3. The van der Waals surface area contributed by atoms with E-state index in [-0.39, 0.29) is 11.3 Å². The number of fused-ring (bicyclic) bond motifs is 2. The number of carbonyl (C=O) groups is 1. The van der Waals surface area contributed by atoms with Gasteiger partial charge in [0.1, 0.15) is 0 Å². The molecule has 0 aromatic heterocycles. The van der Waals surface area contributed by atoms with Gasteiger partial charge in [-0.15, -0.1) is 0 Å². The Balaban J connectivity index is 2.03. The van der Waals surface area contributed by atoms with Crippen LogP contribution in [-0.2, 0) is 4.79 Å². The first-order valence-corrected chi connectivity index (χ1v) is 7.01. The van der Waals surface area contributed by atoms with Crippen molar-refractivity contribution in [1.82, 2.24) is 5.32 Å². The van der Waals surface area contributed by atoms with Gasteiger partial charge in [-0.1, -0.05) is 39.0 Å². The molecule has 2 saturated carbocycles. The average molecular weight is 247 g/mol. The molecule has 3 atom stereocenters. The lowest BCUT2D eigenvalue weighted by Gasteiger charge is -2.39. The van der Waals surface area contributed by atoms with Crippen LogP contribution in [-0.4, -0.2) is 11.9 Å². The number of hydrogen-bond donors (Lipinski definition) is 1. The monoisotopic (exact) mass is 247 g/mol. The molecule has 0 heterocycles. The lowest BCUT2D eigenvalue weighted by molar-refractivity contribution is -0.118. The van der Waals surface area contributed by atoms with E-state index in [0.717, 1.165) is 12.3 Å². The lowest BCUT2D eigenvalue weighted by Crippen LogP contribution is -2.46. The molecule has 1 N–H and O–H groups in total. The normalized spacial score (nSPS) is 37.8. The molecule has 2 aliphatic carbocycles. The minimum Gasteiger partial charge on any atom is -0.349 e. The van der Waals surface area contributed by atoms with Crippen molar-refractivity contribution in [3.8, 4) is 0 Å². The van der Waals surface area contributed by atoms with E-state index in [9.17, 15) is 4.79 Å². The highest BCUT2D eigenvalue weighted by Crippen LogP contribution is 2.65. The Morgan fingerprint density at radius 3 is 2.50 bits per heavy atom. The van der Waals surface area contributed by atoms with E-state index in [2.05, 4.69) is 26.1 Å². The molecule has 1 amide bonds. The van der Waals surface area contributed by atoms with Crippen LogP contribution in [0.2, 0.25) is 0 Å². The maximum Gasteiger partial charge on any atom is 0.244 e. The second kappa shape index (κ2) is 4.56. The summed E-state index contributed by atoms with van der Waals surface area (Å²) in [5.41, 5.74) is 0.625. The molecule has 0 saturated heterocycles. The summed E-state index contributed by atoms with van der Waals surface area (Å²) in [6.07, 6.45) is 10.9. The van der Waals surface area contributed by atoms with Gasteiger partial charge in [0.2, 0.25) is 5.91 Å². The predicted molar refractivity (Wildman–Crippen MR) is 75.1 cm³/mol. The summed E-state index contributed by atoms with van der Waals surface area (Å²) in [7, 11) is 0. The van der Waals surface area contributed by atoms with E-state index in [1.165, 1.54) is 12.8 Å². The summed E-state index contributed by atoms with van der Waals surface area (Å²) < 4.78 is 0. The molecule has 2 fully saturated rings. The molecule has 2 aliphatic rings. The zero-order valence-electron chi connectivity index (χ0n) is 12.0. The Morgan fingerprint density at radius 1 is 1.28 bits per heavy atom. The molecule has 2 rings (SSSR count). The van der Waals surface area contributed by atoms with E-state index in [0.29, 0.717) is 11.5 Å². The largest absolute Gasteiger partial charge is 0.349 e. The van der Waals surface area contributed by atoms with E-state index in [1.54, 1.807) is 12.2 Å². The highest BCUT2D eigenvalue weighted by Gasteiger charge is 2.61. The van der Waals surface area contributed by atoms with Gasteiger partial charge in [-0.3, -0.25) is 4.79 Å². The number of hydrogen-bond acceptors (Lipinski definition) is 1. The topological polar surface area (TPSA) is 29.1 Å². The maximum absolute atomic E-state index is 11.9. The lowest BCUT2D eigenvalue weighted by atomic mass is 9.69. The summed E-state index contributed by atoms with van der Waals surface area (Å²) >= 11 is 0. The number of allylic oxidation sites excluding steroid dienone is 3. The molecule has 18 heavy (non-hydrogen) atoms. The van der Waals surface area contributed by atoms with Crippen molar-refractivity contribution in [2.75, 3.05) is 0 Å². The van der Waals surface area contributed by atoms with E-state index >= 15 is 0 Å². The van der Waals surface area contributed by atoms with Crippen LogP contribution in [0.4, 0.5) is 0 Å². The third-order valence-electron chi connectivity index (χ3n) is 5.66. The van der Waals surface area contributed by atoms with Crippen LogP contribution in [0.3, 0.4) is 0 Å². The molecule has 0 aromatic carbocycles. The molecule has 0 aliphatic heterocycles. The predicted octanol–water partition coefficient (Wildman–Crippen LogP) is 3.45. The van der Waals surface area contributed by atoms with E-state index in [4.69, 9.17) is 0 Å². The van der Waals surface area contributed by atoms with Gasteiger partial charge in [-0.05, 0) is 42.9 Å². The Labute approximate surface area is 111 Å². The summed E-state index contributed by atoms with van der Waals surface area (Å²) in [5, 5.41) is 3.21. The molecule has 0 aromatic rings. The number of carbonyl (C=O) groups excluding carboxylic acids is 1. The van der Waals surface area contributed by atoms with Gasteiger partial charge < -0.3 is 5.32 Å². The molecular weight excluding hydrogens is 222 g/mol. The SMILES string of the molecule is C/C=C/C=C\C(=O)N[C@@H]1C[C@H]2CC[C@@]1(C)C2(C)C. The highest BCUT2D eigenvalue weighted by molar-refractivity contribution is 5.88. The van der Waals surface area contributed by atoms with Crippen molar-refractivity contribution < 1.29 is 4.79 Å². The molecular formula is C16H25NO. The minimum atomic E-state index is 0.0441. The van der Waals surface area contributed by atoms with Gasteiger partial charge in [0.15, 0.2) is 0 Å². The number of amides is 1. The fourth-order valence-corrected chi connectivity index (χ4v) is 3.90. The average Bonchev–Trinajstić information content (AvgIpc) is 2.62. The molecule has 0 spiro atoms. The summed E-state index contributed by atoms with van der Waals surface area (Å²) in [5.74, 6) is 0.815. The molecule has 0 unspecified atom stereocenters. The van der Waals surface area contributed by atoms with Crippen LogP contribution >= 0.6 is 0 Å². The summed E-state index contributed by atoms with van der Waals surface area (Å²) in [4.78, 5) is 11.9. The number of nitrogens with one attached hydrogen (secondary N) is 1. The van der Waals surface area contributed by atoms with Crippen LogP contribution in [0.1, 0.15) is 47.0 Å². The maximum atomic E-state index is 11.9. The smallest absolute Gasteiger partial charge is 0.244 e. The van der Waals surface area contributed by atoms with Crippen molar-refractivity contribution in [3.05, 3.63) is 24.3 Å². The van der Waals surface area contributed by atoms with Gasteiger partial charge in [-0.2, -0.15) is 0 Å². The molecule has 2 heteroatoms. The third kappa shape index (κ3) is 1.92. The van der Waals surface area contributed by atoms with Crippen molar-refractivity contribution in [2.45, 2.75) is 53.0 Å². The fourth-order valence-electron chi connectivity index (χ4n) is 3.90.